The van der Waals surface area contributed by atoms with Crippen molar-refractivity contribution in [2.45, 2.75) is 19.3 Å². The molecule has 0 amide bonds. The van der Waals surface area contributed by atoms with Gasteiger partial charge in [-0.05, 0) is 31.2 Å². The maximum Gasteiger partial charge on any atom is 0.274 e. The predicted octanol–water partition coefficient (Wildman–Crippen LogP) is 1.71. The van der Waals surface area contributed by atoms with E-state index in [4.69, 9.17) is 11.5 Å². The van der Waals surface area contributed by atoms with Gasteiger partial charge in [0.25, 0.3) is 5.69 Å². The molecule has 1 fully saturated rings. The lowest BCUT2D eigenvalue weighted by Crippen LogP contribution is -2.04. The first-order chi connectivity index (χ1) is 7.09. The summed E-state index contributed by atoms with van der Waals surface area (Å²) in [7, 11) is 0. The summed E-state index contributed by atoms with van der Waals surface area (Å²) in [6.07, 6.45) is 2.93. The number of nitrogens with two attached hydrogens (primary N) is 2. The molecule has 0 saturated heterocycles. The van der Waals surface area contributed by atoms with E-state index in [1.54, 1.807) is 0 Å². The molecule has 2 rings (SSSR count). The van der Waals surface area contributed by atoms with Crippen LogP contribution in [0.5, 0.6) is 0 Å². The number of nitrogens with zero attached hydrogens (tertiary/aromatic N) is 1. The molecule has 1 saturated carbocycles. The fourth-order valence-electron chi connectivity index (χ4n) is 1.67. The van der Waals surface area contributed by atoms with E-state index in [1.807, 2.05) is 0 Å². The molecule has 0 radical (unpaired) electrons. The number of hydrogen-bond acceptors (Lipinski definition) is 4. The van der Waals surface area contributed by atoms with E-state index in [2.05, 4.69) is 0 Å². The molecule has 4 N–H and O–H groups in total. The van der Waals surface area contributed by atoms with E-state index in [9.17, 15) is 10.1 Å². The van der Waals surface area contributed by atoms with Crippen LogP contribution in [0.3, 0.4) is 0 Å². The van der Waals surface area contributed by atoms with Gasteiger partial charge < -0.3 is 11.5 Å². The van der Waals surface area contributed by atoms with E-state index in [1.165, 1.54) is 12.1 Å². The van der Waals surface area contributed by atoms with Gasteiger partial charge in [-0.25, -0.2) is 0 Å². The lowest BCUT2D eigenvalue weighted by atomic mass is 10.0. The number of hydrogen-bond donors (Lipinski definition) is 2. The van der Waals surface area contributed by atoms with Crippen LogP contribution in [0.1, 0.15) is 18.4 Å². The Morgan fingerprint density at radius 2 is 2.07 bits per heavy atom. The van der Waals surface area contributed by atoms with Gasteiger partial charge in [0, 0.05) is 6.07 Å². The average Bonchev–Trinajstić information content (AvgIpc) is 2.96. The Labute approximate surface area is 87.2 Å². The fraction of sp³-hybridized carbons (Fsp3) is 0.400. The third kappa shape index (κ3) is 1.86. The van der Waals surface area contributed by atoms with Crippen molar-refractivity contribution in [3.63, 3.8) is 0 Å². The highest BCUT2D eigenvalue weighted by atomic mass is 16.6. The van der Waals surface area contributed by atoms with E-state index in [0.29, 0.717) is 29.3 Å². The van der Waals surface area contributed by atoms with E-state index >= 15 is 0 Å². The Kier molecular flexibility index (Phi) is 2.22. The molecule has 0 atom stereocenters. The van der Waals surface area contributed by atoms with E-state index in [0.717, 1.165) is 12.8 Å². The molecule has 0 spiro atoms. The molecule has 80 valence electrons. The first kappa shape index (κ1) is 9.76. The second kappa shape index (κ2) is 3.42. The maximum atomic E-state index is 10.8. The Hall–Kier alpha value is -1.78. The van der Waals surface area contributed by atoms with Crippen molar-refractivity contribution in [3.8, 4) is 0 Å². The van der Waals surface area contributed by atoms with Crippen LogP contribution in [0.15, 0.2) is 12.1 Å². The van der Waals surface area contributed by atoms with E-state index < -0.39 is 4.92 Å². The Bertz CT molecular complexity index is 413. The number of benzene rings is 1. The summed E-state index contributed by atoms with van der Waals surface area (Å²) >= 11 is 0. The van der Waals surface area contributed by atoms with Gasteiger partial charge in [0.15, 0.2) is 0 Å². The molecule has 1 aromatic carbocycles. The molecule has 0 aliphatic heterocycles. The van der Waals surface area contributed by atoms with Crippen molar-refractivity contribution in [1.82, 2.24) is 0 Å². The summed E-state index contributed by atoms with van der Waals surface area (Å²) in [4.78, 5) is 10.4. The van der Waals surface area contributed by atoms with Gasteiger partial charge in [-0.1, -0.05) is 0 Å². The Morgan fingerprint density at radius 3 is 2.60 bits per heavy atom. The maximum absolute atomic E-state index is 10.8. The molecule has 0 bridgehead atoms. The fourth-order valence-corrected chi connectivity index (χ4v) is 1.67. The summed E-state index contributed by atoms with van der Waals surface area (Å²) in [5.41, 5.74) is 12.9. The minimum atomic E-state index is -0.395. The minimum Gasteiger partial charge on any atom is -0.397 e. The minimum absolute atomic E-state index is 0.0913. The molecule has 1 aromatic rings. The highest BCUT2D eigenvalue weighted by Gasteiger charge is 2.27. The zero-order valence-electron chi connectivity index (χ0n) is 8.27. The number of nitrogen functional groups attached to an aromatic ring is 2. The van der Waals surface area contributed by atoms with Crippen molar-refractivity contribution >= 4 is 17.1 Å². The first-order valence-electron chi connectivity index (χ1n) is 4.91. The summed E-state index contributed by atoms with van der Waals surface area (Å²) in [5.74, 6) is 0.549. The van der Waals surface area contributed by atoms with Gasteiger partial charge in [-0.15, -0.1) is 0 Å². The van der Waals surface area contributed by atoms with Crippen LogP contribution in [0.2, 0.25) is 0 Å². The molecule has 15 heavy (non-hydrogen) atoms. The van der Waals surface area contributed by atoms with Crippen molar-refractivity contribution in [3.05, 3.63) is 27.8 Å². The van der Waals surface area contributed by atoms with E-state index in [-0.39, 0.29) is 5.69 Å². The average molecular weight is 207 g/mol. The van der Waals surface area contributed by atoms with Crippen LogP contribution in [0, 0.1) is 16.0 Å². The second-order valence-corrected chi connectivity index (χ2v) is 3.97. The van der Waals surface area contributed by atoms with Gasteiger partial charge in [-0.3, -0.25) is 10.1 Å². The van der Waals surface area contributed by atoms with Crippen LogP contribution in [-0.2, 0) is 6.42 Å². The van der Waals surface area contributed by atoms with Crippen LogP contribution in [-0.4, -0.2) is 4.92 Å². The first-order valence-corrected chi connectivity index (χ1v) is 4.91. The summed E-state index contributed by atoms with van der Waals surface area (Å²) < 4.78 is 0. The largest absolute Gasteiger partial charge is 0.397 e. The molecule has 1 aliphatic rings. The summed E-state index contributed by atoms with van der Waals surface area (Å²) in [6, 6.07) is 2.92. The zero-order chi connectivity index (χ0) is 11.0. The lowest BCUT2D eigenvalue weighted by molar-refractivity contribution is -0.385. The van der Waals surface area contributed by atoms with Crippen molar-refractivity contribution in [2.75, 3.05) is 11.5 Å². The number of nitro benzene ring substituents is 1. The Morgan fingerprint density at radius 1 is 1.40 bits per heavy atom. The van der Waals surface area contributed by atoms with Crippen LogP contribution < -0.4 is 11.5 Å². The molecule has 0 unspecified atom stereocenters. The normalized spacial score (nSPS) is 15.2. The van der Waals surface area contributed by atoms with Crippen molar-refractivity contribution in [1.29, 1.82) is 0 Å². The zero-order valence-corrected chi connectivity index (χ0v) is 8.27. The summed E-state index contributed by atoms with van der Waals surface area (Å²) in [6.45, 7) is 0. The molecule has 0 heterocycles. The van der Waals surface area contributed by atoms with Gasteiger partial charge >= 0.3 is 0 Å². The predicted molar refractivity (Wildman–Crippen MR) is 58.3 cm³/mol. The standard InChI is InChI=1S/C10H13N3O2/c11-8-3-4-9(13(14)15)7(10(8)12)5-6-1-2-6/h3-4,6H,1-2,5,11-12H2. The number of nitro groups is 1. The molecule has 5 nitrogen and oxygen atoms in total. The highest BCUT2D eigenvalue weighted by Crippen LogP contribution is 2.38. The second-order valence-electron chi connectivity index (χ2n) is 3.97. The molecule has 5 heteroatoms. The third-order valence-corrected chi connectivity index (χ3v) is 2.75. The molecule has 1 aliphatic carbocycles. The Balaban J connectivity index is 2.44. The smallest absolute Gasteiger partial charge is 0.274 e. The van der Waals surface area contributed by atoms with Gasteiger partial charge in [0.05, 0.1) is 21.9 Å². The van der Waals surface area contributed by atoms with Crippen LogP contribution in [0.25, 0.3) is 0 Å². The van der Waals surface area contributed by atoms with Crippen molar-refractivity contribution < 1.29 is 4.92 Å². The lowest BCUT2D eigenvalue weighted by Gasteiger charge is -2.08. The van der Waals surface area contributed by atoms with Crippen molar-refractivity contribution in [2.24, 2.45) is 5.92 Å². The van der Waals surface area contributed by atoms with Crippen LogP contribution >= 0.6 is 0 Å². The topological polar surface area (TPSA) is 95.2 Å². The molecular weight excluding hydrogens is 194 g/mol. The molecule has 0 aromatic heterocycles. The number of rotatable bonds is 3. The molecular formula is C10H13N3O2. The van der Waals surface area contributed by atoms with Gasteiger partial charge in [-0.2, -0.15) is 0 Å². The SMILES string of the molecule is Nc1ccc([N+](=O)[O-])c(CC2CC2)c1N. The number of anilines is 2. The highest BCUT2D eigenvalue weighted by molar-refractivity contribution is 5.72. The summed E-state index contributed by atoms with van der Waals surface area (Å²) in [5, 5.41) is 10.8. The van der Waals surface area contributed by atoms with Gasteiger partial charge in [0.1, 0.15) is 0 Å². The van der Waals surface area contributed by atoms with Crippen LogP contribution in [0.4, 0.5) is 17.1 Å². The monoisotopic (exact) mass is 207 g/mol. The third-order valence-electron chi connectivity index (χ3n) is 2.75. The van der Waals surface area contributed by atoms with Gasteiger partial charge in [0.2, 0.25) is 0 Å². The quantitative estimate of drug-likeness (QED) is 0.448.